The number of anilines is 2. The highest BCUT2D eigenvalue weighted by Crippen LogP contribution is 2.27. The van der Waals surface area contributed by atoms with Crippen molar-refractivity contribution < 1.29 is 5.11 Å². The fraction of sp³-hybridized carbons (Fsp3) is 0.455. The van der Waals surface area contributed by atoms with Gasteiger partial charge in [-0.15, -0.1) is 0 Å². The molecule has 0 aliphatic carbocycles. The number of hydrogen-bond donors (Lipinski definition) is 3. The largest absolute Gasteiger partial charge is 0.399 e. The van der Waals surface area contributed by atoms with E-state index in [-0.39, 0.29) is 0 Å². The van der Waals surface area contributed by atoms with Crippen LogP contribution >= 0.6 is 11.6 Å². The molecule has 1 atom stereocenters. The third kappa shape index (κ3) is 3.01. The minimum Gasteiger partial charge on any atom is -0.399 e. The number of rotatable bonds is 3. The van der Waals surface area contributed by atoms with E-state index in [0.717, 1.165) is 5.69 Å². The molecule has 0 radical (unpaired) electrons. The first-order chi connectivity index (χ1) is 6.83. The number of nitrogens with two attached hydrogens (primary N) is 1. The van der Waals surface area contributed by atoms with Crippen molar-refractivity contribution in [3.8, 4) is 0 Å². The Balaban J connectivity index is 2.90. The van der Waals surface area contributed by atoms with Crippen molar-refractivity contribution in [2.24, 2.45) is 0 Å². The Kier molecular flexibility index (Phi) is 3.47. The van der Waals surface area contributed by atoms with Crippen LogP contribution in [0.1, 0.15) is 20.8 Å². The predicted molar refractivity (Wildman–Crippen MR) is 65.2 cm³/mol. The van der Waals surface area contributed by atoms with Gasteiger partial charge in [-0.05, 0) is 39.0 Å². The minimum absolute atomic E-state index is 0.431. The average Bonchev–Trinajstić information content (AvgIpc) is 2.09. The summed E-state index contributed by atoms with van der Waals surface area (Å²) < 4.78 is 0. The topological polar surface area (TPSA) is 58.3 Å². The molecule has 1 aromatic carbocycles. The highest BCUT2D eigenvalue weighted by molar-refractivity contribution is 6.33. The molecule has 0 bridgehead atoms. The molecule has 0 fully saturated rings. The maximum absolute atomic E-state index is 9.56. The maximum atomic E-state index is 9.56. The van der Waals surface area contributed by atoms with Crippen LogP contribution in [-0.2, 0) is 0 Å². The van der Waals surface area contributed by atoms with Crippen LogP contribution in [0.5, 0.6) is 0 Å². The zero-order valence-corrected chi connectivity index (χ0v) is 9.97. The van der Waals surface area contributed by atoms with Crippen molar-refractivity contribution in [2.45, 2.75) is 32.4 Å². The lowest BCUT2D eigenvalue weighted by Crippen LogP contribution is -2.41. The Morgan fingerprint density at radius 1 is 1.47 bits per heavy atom. The molecule has 0 spiro atoms. The van der Waals surface area contributed by atoms with Crippen molar-refractivity contribution in [3.05, 3.63) is 23.2 Å². The van der Waals surface area contributed by atoms with Gasteiger partial charge in [-0.25, -0.2) is 0 Å². The van der Waals surface area contributed by atoms with E-state index >= 15 is 0 Å². The van der Waals surface area contributed by atoms with E-state index in [4.69, 9.17) is 17.3 Å². The van der Waals surface area contributed by atoms with Gasteiger partial charge in [0.1, 0.15) is 0 Å². The number of nitrogen functional groups attached to an aromatic ring is 1. The smallest absolute Gasteiger partial charge is 0.0736 e. The molecule has 0 aliphatic rings. The Morgan fingerprint density at radius 2 is 2.07 bits per heavy atom. The molecule has 0 aromatic heterocycles. The van der Waals surface area contributed by atoms with Crippen LogP contribution in [0.4, 0.5) is 11.4 Å². The van der Waals surface area contributed by atoms with Crippen LogP contribution in [0.3, 0.4) is 0 Å². The SMILES string of the molecule is CC(O)C(C)(C)Nc1ccc(N)cc1Cl. The zero-order valence-electron chi connectivity index (χ0n) is 9.21. The number of aliphatic hydroxyl groups excluding tert-OH is 1. The fourth-order valence-corrected chi connectivity index (χ4v) is 1.32. The summed E-state index contributed by atoms with van der Waals surface area (Å²) in [6.45, 7) is 5.55. The van der Waals surface area contributed by atoms with Crippen LogP contribution in [-0.4, -0.2) is 16.7 Å². The second-order valence-corrected chi connectivity index (χ2v) is 4.67. The first kappa shape index (κ1) is 12.1. The number of halogens is 1. The highest BCUT2D eigenvalue weighted by Gasteiger charge is 2.24. The van der Waals surface area contributed by atoms with Gasteiger partial charge < -0.3 is 16.2 Å². The Morgan fingerprint density at radius 3 is 2.53 bits per heavy atom. The Hall–Kier alpha value is -0.930. The van der Waals surface area contributed by atoms with Gasteiger partial charge in [0, 0.05) is 5.69 Å². The first-order valence-corrected chi connectivity index (χ1v) is 5.22. The normalized spacial score (nSPS) is 13.7. The van der Waals surface area contributed by atoms with E-state index in [1.165, 1.54) is 0 Å². The molecule has 0 saturated carbocycles. The van der Waals surface area contributed by atoms with E-state index in [1.54, 1.807) is 19.1 Å². The molecular formula is C11H17ClN2O. The van der Waals surface area contributed by atoms with E-state index in [2.05, 4.69) is 5.32 Å². The predicted octanol–water partition coefficient (Wildman–Crippen LogP) is 2.49. The van der Waals surface area contributed by atoms with E-state index in [1.807, 2.05) is 19.9 Å². The van der Waals surface area contributed by atoms with E-state index < -0.39 is 11.6 Å². The van der Waals surface area contributed by atoms with Crippen molar-refractivity contribution in [1.29, 1.82) is 0 Å². The average molecular weight is 229 g/mol. The molecule has 0 heterocycles. The third-order valence-corrected chi connectivity index (χ3v) is 2.81. The molecule has 3 nitrogen and oxygen atoms in total. The van der Waals surface area contributed by atoms with Crippen molar-refractivity contribution in [3.63, 3.8) is 0 Å². The summed E-state index contributed by atoms with van der Waals surface area (Å²) in [7, 11) is 0. The molecule has 1 aromatic rings. The van der Waals surface area contributed by atoms with Gasteiger partial charge in [-0.3, -0.25) is 0 Å². The number of aliphatic hydroxyl groups is 1. The maximum Gasteiger partial charge on any atom is 0.0736 e. The van der Waals surface area contributed by atoms with Gasteiger partial charge in [0.25, 0.3) is 0 Å². The van der Waals surface area contributed by atoms with Gasteiger partial charge in [-0.2, -0.15) is 0 Å². The summed E-state index contributed by atoms with van der Waals surface area (Å²) in [6.07, 6.45) is -0.480. The summed E-state index contributed by atoms with van der Waals surface area (Å²) in [4.78, 5) is 0. The van der Waals surface area contributed by atoms with Crippen LogP contribution in [0.25, 0.3) is 0 Å². The van der Waals surface area contributed by atoms with Gasteiger partial charge in [-0.1, -0.05) is 11.6 Å². The highest BCUT2D eigenvalue weighted by atomic mass is 35.5. The zero-order chi connectivity index (χ0) is 11.6. The summed E-state index contributed by atoms with van der Waals surface area (Å²) in [6, 6.07) is 5.26. The molecule has 0 aliphatic heterocycles. The van der Waals surface area contributed by atoms with Crippen molar-refractivity contribution in [1.82, 2.24) is 0 Å². The molecule has 0 saturated heterocycles. The van der Waals surface area contributed by atoms with Crippen LogP contribution in [0.15, 0.2) is 18.2 Å². The van der Waals surface area contributed by atoms with Gasteiger partial charge in [0.05, 0.1) is 22.4 Å². The Labute approximate surface area is 95.2 Å². The second-order valence-electron chi connectivity index (χ2n) is 4.26. The lowest BCUT2D eigenvalue weighted by molar-refractivity contribution is 0.133. The monoisotopic (exact) mass is 228 g/mol. The molecule has 4 N–H and O–H groups in total. The third-order valence-electron chi connectivity index (χ3n) is 2.49. The second kappa shape index (κ2) is 4.29. The molecule has 84 valence electrons. The summed E-state index contributed by atoms with van der Waals surface area (Å²) in [5.74, 6) is 0. The van der Waals surface area contributed by atoms with Gasteiger partial charge >= 0.3 is 0 Å². The van der Waals surface area contributed by atoms with Gasteiger partial charge in [0.15, 0.2) is 0 Å². The quantitative estimate of drug-likeness (QED) is 0.697. The minimum atomic E-state index is -0.480. The number of nitrogens with one attached hydrogen (secondary N) is 1. The lowest BCUT2D eigenvalue weighted by Gasteiger charge is -2.31. The van der Waals surface area contributed by atoms with Crippen molar-refractivity contribution >= 4 is 23.0 Å². The molecule has 4 heteroatoms. The standard InChI is InChI=1S/C11H17ClN2O/c1-7(15)11(2,3)14-10-5-4-8(13)6-9(10)12/h4-7,14-15H,13H2,1-3H3. The van der Waals surface area contributed by atoms with E-state index in [9.17, 15) is 5.11 Å². The molecule has 0 amide bonds. The van der Waals surface area contributed by atoms with Crippen molar-refractivity contribution in [2.75, 3.05) is 11.1 Å². The summed E-state index contributed by atoms with van der Waals surface area (Å²) in [5.41, 5.74) is 6.56. The fourth-order valence-electron chi connectivity index (χ4n) is 1.08. The molecule has 15 heavy (non-hydrogen) atoms. The lowest BCUT2D eigenvalue weighted by atomic mass is 9.98. The Bertz CT molecular complexity index is 350. The van der Waals surface area contributed by atoms with Gasteiger partial charge in [0.2, 0.25) is 0 Å². The summed E-state index contributed by atoms with van der Waals surface area (Å²) >= 11 is 6.02. The van der Waals surface area contributed by atoms with Crippen LogP contribution in [0, 0.1) is 0 Å². The van der Waals surface area contributed by atoms with E-state index in [0.29, 0.717) is 10.7 Å². The molecule has 1 rings (SSSR count). The molecular weight excluding hydrogens is 212 g/mol. The van der Waals surface area contributed by atoms with Crippen LogP contribution in [0.2, 0.25) is 5.02 Å². The first-order valence-electron chi connectivity index (χ1n) is 4.84. The van der Waals surface area contributed by atoms with Crippen LogP contribution < -0.4 is 11.1 Å². The number of hydrogen-bond acceptors (Lipinski definition) is 3. The summed E-state index contributed by atoms with van der Waals surface area (Å²) in [5, 5.41) is 13.3. The molecule has 1 unspecified atom stereocenters. The number of benzene rings is 1.